The molecule has 4 rings (SSSR count). The first-order valence-electron chi connectivity index (χ1n) is 10.6. The van der Waals surface area contributed by atoms with Gasteiger partial charge in [-0.25, -0.2) is 0 Å². The van der Waals surface area contributed by atoms with Crippen molar-refractivity contribution in [3.05, 3.63) is 89.9 Å². The van der Waals surface area contributed by atoms with E-state index in [0.717, 1.165) is 36.6 Å². The second kappa shape index (κ2) is 10.1. The zero-order valence-electron chi connectivity index (χ0n) is 17.1. The Morgan fingerprint density at radius 1 is 1.00 bits per heavy atom. The summed E-state index contributed by atoms with van der Waals surface area (Å²) in [5.41, 5.74) is 2.28. The largest absolute Gasteiger partial charge is 0.483 e. The van der Waals surface area contributed by atoms with Crippen molar-refractivity contribution in [1.29, 1.82) is 0 Å². The van der Waals surface area contributed by atoms with Crippen LogP contribution in [-0.2, 0) is 11.2 Å². The number of carbonyl (C=O) groups is 1. The van der Waals surface area contributed by atoms with Gasteiger partial charge in [0.25, 0.3) is 5.91 Å². The van der Waals surface area contributed by atoms with Gasteiger partial charge in [0, 0.05) is 13.0 Å². The molecule has 1 amide bonds. The fourth-order valence-corrected chi connectivity index (χ4v) is 3.96. The predicted octanol–water partition coefficient (Wildman–Crippen LogP) is 4.20. The third-order valence-electron chi connectivity index (χ3n) is 5.51. The maximum Gasteiger partial charge on any atom is 0.258 e. The van der Waals surface area contributed by atoms with Crippen LogP contribution in [0, 0.1) is 0 Å². The molecule has 1 aliphatic rings. The Morgan fingerprint density at radius 2 is 1.77 bits per heavy atom. The summed E-state index contributed by atoms with van der Waals surface area (Å²) in [4.78, 5) is 14.9. The van der Waals surface area contributed by atoms with Crippen molar-refractivity contribution < 1.29 is 13.9 Å². The SMILES string of the molecule is O=C(COc1ccccc1Cc1ccccc1)NC[C@H](c1ccco1)N1CCCC1. The van der Waals surface area contributed by atoms with E-state index in [9.17, 15) is 4.79 Å². The van der Waals surface area contributed by atoms with Crippen molar-refractivity contribution in [3.63, 3.8) is 0 Å². The normalized spacial score (nSPS) is 15.1. The van der Waals surface area contributed by atoms with Gasteiger partial charge in [-0.05, 0) is 55.3 Å². The summed E-state index contributed by atoms with van der Waals surface area (Å²) in [5.74, 6) is 1.52. The number of hydrogen-bond acceptors (Lipinski definition) is 4. The van der Waals surface area contributed by atoms with Gasteiger partial charge in [-0.1, -0.05) is 48.5 Å². The van der Waals surface area contributed by atoms with Crippen molar-refractivity contribution in [3.8, 4) is 5.75 Å². The van der Waals surface area contributed by atoms with Crippen LogP contribution in [-0.4, -0.2) is 37.0 Å². The summed E-state index contributed by atoms with van der Waals surface area (Å²) in [6.45, 7) is 2.58. The Bertz CT molecular complexity index is 919. The van der Waals surface area contributed by atoms with Crippen LogP contribution in [0.15, 0.2) is 77.4 Å². The monoisotopic (exact) mass is 404 g/mol. The van der Waals surface area contributed by atoms with E-state index in [-0.39, 0.29) is 18.6 Å². The molecule has 1 saturated heterocycles. The lowest BCUT2D eigenvalue weighted by molar-refractivity contribution is -0.123. The lowest BCUT2D eigenvalue weighted by atomic mass is 10.0. The van der Waals surface area contributed by atoms with Crippen LogP contribution in [0.5, 0.6) is 5.75 Å². The first-order chi connectivity index (χ1) is 14.8. The van der Waals surface area contributed by atoms with Crippen LogP contribution in [0.4, 0.5) is 0 Å². The minimum atomic E-state index is -0.125. The van der Waals surface area contributed by atoms with E-state index in [0.29, 0.717) is 6.54 Å². The molecule has 1 fully saturated rings. The number of likely N-dealkylation sites (tertiary alicyclic amines) is 1. The van der Waals surface area contributed by atoms with E-state index in [1.807, 2.05) is 54.6 Å². The highest BCUT2D eigenvalue weighted by Gasteiger charge is 2.26. The Labute approximate surface area is 177 Å². The van der Waals surface area contributed by atoms with Crippen LogP contribution < -0.4 is 10.1 Å². The topological polar surface area (TPSA) is 54.7 Å². The first kappa shape index (κ1) is 20.2. The number of hydrogen-bond donors (Lipinski definition) is 1. The number of ether oxygens (including phenoxy) is 1. The Hall–Kier alpha value is -3.05. The summed E-state index contributed by atoms with van der Waals surface area (Å²) >= 11 is 0. The maximum absolute atomic E-state index is 12.5. The number of benzene rings is 2. The number of furan rings is 1. The quantitative estimate of drug-likeness (QED) is 0.581. The van der Waals surface area contributed by atoms with Crippen molar-refractivity contribution in [2.24, 2.45) is 0 Å². The third-order valence-corrected chi connectivity index (χ3v) is 5.51. The van der Waals surface area contributed by atoms with E-state index in [1.54, 1.807) is 6.26 Å². The van der Waals surface area contributed by atoms with Gasteiger partial charge in [0.15, 0.2) is 6.61 Å². The fourth-order valence-electron chi connectivity index (χ4n) is 3.96. The molecule has 2 aromatic carbocycles. The molecule has 156 valence electrons. The molecule has 30 heavy (non-hydrogen) atoms. The van der Waals surface area contributed by atoms with Crippen molar-refractivity contribution in [1.82, 2.24) is 10.2 Å². The number of amides is 1. The van der Waals surface area contributed by atoms with Gasteiger partial charge < -0.3 is 14.5 Å². The molecular weight excluding hydrogens is 376 g/mol. The lowest BCUT2D eigenvalue weighted by Crippen LogP contribution is -2.38. The summed E-state index contributed by atoms with van der Waals surface area (Å²) in [5, 5.41) is 3.02. The van der Waals surface area contributed by atoms with Crippen LogP contribution in [0.2, 0.25) is 0 Å². The van der Waals surface area contributed by atoms with Crippen LogP contribution >= 0.6 is 0 Å². The predicted molar refractivity (Wildman–Crippen MR) is 116 cm³/mol. The number of rotatable bonds is 9. The van der Waals surface area contributed by atoms with E-state index >= 15 is 0 Å². The zero-order chi connectivity index (χ0) is 20.6. The van der Waals surface area contributed by atoms with E-state index < -0.39 is 0 Å². The summed E-state index contributed by atoms with van der Waals surface area (Å²) < 4.78 is 11.5. The Morgan fingerprint density at radius 3 is 2.53 bits per heavy atom. The third kappa shape index (κ3) is 5.30. The minimum absolute atomic E-state index is 0.00330. The molecule has 0 aliphatic carbocycles. The average molecular weight is 405 g/mol. The number of para-hydroxylation sites is 1. The molecule has 1 atom stereocenters. The van der Waals surface area contributed by atoms with Gasteiger partial charge in [0.05, 0.1) is 12.3 Å². The van der Waals surface area contributed by atoms with Crippen LogP contribution in [0.3, 0.4) is 0 Å². The second-order valence-corrected chi connectivity index (χ2v) is 7.64. The van der Waals surface area contributed by atoms with Gasteiger partial charge in [-0.15, -0.1) is 0 Å². The van der Waals surface area contributed by atoms with E-state index in [2.05, 4.69) is 22.3 Å². The molecule has 0 bridgehead atoms. The van der Waals surface area contributed by atoms with Crippen molar-refractivity contribution in [2.75, 3.05) is 26.2 Å². The van der Waals surface area contributed by atoms with Gasteiger partial charge >= 0.3 is 0 Å². The fraction of sp³-hybridized carbons (Fsp3) is 0.320. The van der Waals surface area contributed by atoms with E-state index in [4.69, 9.17) is 9.15 Å². The molecule has 3 aromatic rings. The molecule has 0 radical (unpaired) electrons. The first-order valence-corrected chi connectivity index (χ1v) is 10.6. The van der Waals surface area contributed by atoms with Crippen LogP contribution in [0.1, 0.15) is 35.8 Å². The van der Waals surface area contributed by atoms with Crippen molar-refractivity contribution >= 4 is 5.91 Å². The molecule has 1 N–H and O–H groups in total. The molecule has 1 aliphatic heterocycles. The van der Waals surface area contributed by atoms with Crippen LogP contribution in [0.25, 0.3) is 0 Å². The zero-order valence-corrected chi connectivity index (χ0v) is 17.1. The summed E-state index contributed by atoms with van der Waals surface area (Å²) in [6, 6.07) is 22.1. The van der Waals surface area contributed by atoms with Gasteiger partial charge in [-0.3, -0.25) is 9.69 Å². The highest BCUT2D eigenvalue weighted by Crippen LogP contribution is 2.25. The number of nitrogens with one attached hydrogen (secondary N) is 1. The highest BCUT2D eigenvalue weighted by molar-refractivity contribution is 5.77. The summed E-state index contributed by atoms with van der Waals surface area (Å²) in [6.07, 6.45) is 4.83. The smallest absolute Gasteiger partial charge is 0.258 e. The number of carbonyl (C=O) groups excluding carboxylic acids is 1. The van der Waals surface area contributed by atoms with E-state index in [1.165, 1.54) is 18.4 Å². The summed E-state index contributed by atoms with van der Waals surface area (Å²) in [7, 11) is 0. The molecule has 0 spiro atoms. The van der Waals surface area contributed by atoms with Gasteiger partial charge in [0.2, 0.25) is 0 Å². The average Bonchev–Trinajstić information content (AvgIpc) is 3.49. The molecule has 0 saturated carbocycles. The minimum Gasteiger partial charge on any atom is -0.483 e. The second-order valence-electron chi connectivity index (χ2n) is 7.64. The number of nitrogens with zero attached hydrogens (tertiary/aromatic N) is 1. The molecule has 2 heterocycles. The molecule has 5 nitrogen and oxygen atoms in total. The van der Waals surface area contributed by atoms with Gasteiger partial charge in [-0.2, -0.15) is 0 Å². The molecule has 1 aromatic heterocycles. The Kier molecular flexibility index (Phi) is 6.83. The highest BCUT2D eigenvalue weighted by atomic mass is 16.5. The Balaban J connectivity index is 1.32. The molecule has 5 heteroatoms. The standard InChI is InChI=1S/C25H28N2O3/c28-25(26-18-22(24-13-8-16-29-24)27-14-6-7-15-27)19-30-23-12-5-4-11-21(23)17-20-9-2-1-3-10-20/h1-5,8-13,16,22H,6-7,14-15,17-19H2,(H,26,28)/t22-/m1/s1. The molecule has 0 unspecified atom stereocenters. The maximum atomic E-state index is 12.5. The van der Waals surface area contributed by atoms with Crippen molar-refractivity contribution in [2.45, 2.75) is 25.3 Å². The molecular formula is C25H28N2O3. The van der Waals surface area contributed by atoms with Gasteiger partial charge in [0.1, 0.15) is 11.5 Å². The lowest BCUT2D eigenvalue weighted by Gasteiger charge is -2.26.